The number of amides is 1. The van der Waals surface area contributed by atoms with Gasteiger partial charge in [0.2, 0.25) is 5.91 Å². The molecule has 1 atom stereocenters. The van der Waals surface area contributed by atoms with E-state index in [1.807, 2.05) is 0 Å². The van der Waals surface area contributed by atoms with Crippen LogP contribution in [0.25, 0.3) is 0 Å². The molecule has 1 heterocycles. The number of nitro benzene ring substituents is 1. The lowest BCUT2D eigenvalue weighted by Gasteiger charge is -2.38. The zero-order valence-corrected chi connectivity index (χ0v) is 18.3. The van der Waals surface area contributed by atoms with Gasteiger partial charge in [-0.25, -0.2) is 0 Å². The van der Waals surface area contributed by atoms with Crippen LogP contribution in [0.5, 0.6) is 11.5 Å². The van der Waals surface area contributed by atoms with Crippen molar-refractivity contribution in [2.24, 2.45) is 0 Å². The first-order valence-electron chi connectivity index (χ1n) is 10.1. The number of anilines is 1. The Labute approximate surface area is 189 Å². The molecule has 1 amide bonds. The molecule has 32 heavy (non-hydrogen) atoms. The molecule has 9 heteroatoms. The number of carbonyl (C=O) groups is 2. The molecule has 0 N–H and O–H groups in total. The van der Waals surface area contributed by atoms with Crippen LogP contribution in [0.1, 0.15) is 37.2 Å². The molecule has 0 spiro atoms. The van der Waals surface area contributed by atoms with Gasteiger partial charge in [0, 0.05) is 52.7 Å². The molecule has 0 saturated heterocycles. The second kappa shape index (κ2) is 8.63. The number of hydrogen-bond donors (Lipinski definition) is 0. The number of carbonyl (C=O) groups excluding carboxylic acids is 2. The van der Waals surface area contributed by atoms with Crippen molar-refractivity contribution in [1.82, 2.24) is 0 Å². The molecule has 1 aliphatic carbocycles. The summed E-state index contributed by atoms with van der Waals surface area (Å²) in [4.78, 5) is 38.9. The molecule has 2 aromatic carbocycles. The molecule has 0 saturated carbocycles. The van der Waals surface area contributed by atoms with E-state index in [0.29, 0.717) is 47.6 Å². The van der Waals surface area contributed by atoms with Gasteiger partial charge < -0.3 is 9.47 Å². The largest absolute Gasteiger partial charge is 0.497 e. The predicted molar refractivity (Wildman–Crippen MR) is 118 cm³/mol. The third kappa shape index (κ3) is 3.71. The van der Waals surface area contributed by atoms with Crippen LogP contribution in [0.2, 0.25) is 5.02 Å². The topological polar surface area (TPSA) is 99.0 Å². The Hall–Kier alpha value is -3.39. The molecule has 4 rings (SSSR count). The molecule has 0 radical (unpaired) electrons. The predicted octanol–water partition coefficient (Wildman–Crippen LogP) is 4.79. The van der Waals surface area contributed by atoms with E-state index in [4.69, 9.17) is 21.1 Å². The third-order valence-corrected chi connectivity index (χ3v) is 6.10. The Morgan fingerprint density at radius 3 is 2.56 bits per heavy atom. The fraction of sp³-hybridized carbons (Fsp3) is 0.304. The maximum atomic E-state index is 13.4. The molecule has 0 fully saturated rings. The third-order valence-electron chi connectivity index (χ3n) is 5.87. The first kappa shape index (κ1) is 21.8. The Morgan fingerprint density at radius 1 is 1.09 bits per heavy atom. The van der Waals surface area contributed by atoms with Crippen LogP contribution in [0.4, 0.5) is 11.4 Å². The Bertz CT molecular complexity index is 1160. The fourth-order valence-electron chi connectivity index (χ4n) is 4.47. The summed E-state index contributed by atoms with van der Waals surface area (Å²) in [5.74, 6) is 0.172. The van der Waals surface area contributed by atoms with Gasteiger partial charge in [-0.15, -0.1) is 0 Å². The number of methoxy groups -OCH3 is 2. The minimum atomic E-state index is -0.553. The van der Waals surface area contributed by atoms with Crippen LogP contribution in [0.15, 0.2) is 47.7 Å². The van der Waals surface area contributed by atoms with Crippen LogP contribution in [-0.2, 0) is 9.59 Å². The Morgan fingerprint density at radius 2 is 1.88 bits per heavy atom. The number of Topliss-reactive ketones (excluding diaryl/α,β-unsaturated/α-hetero) is 1. The van der Waals surface area contributed by atoms with E-state index in [-0.39, 0.29) is 34.5 Å². The quantitative estimate of drug-likeness (QED) is 0.473. The number of nitrogens with zero attached hydrogens (tertiary/aromatic N) is 2. The molecular weight excluding hydrogens is 436 g/mol. The molecule has 0 bridgehead atoms. The highest BCUT2D eigenvalue weighted by molar-refractivity contribution is 6.31. The van der Waals surface area contributed by atoms with E-state index in [2.05, 4.69) is 0 Å². The molecule has 0 aromatic heterocycles. The van der Waals surface area contributed by atoms with Gasteiger partial charge in [0.25, 0.3) is 5.69 Å². The summed E-state index contributed by atoms with van der Waals surface area (Å²) < 4.78 is 10.8. The minimum absolute atomic E-state index is 0.0308. The number of rotatable bonds is 5. The summed E-state index contributed by atoms with van der Waals surface area (Å²) in [7, 11) is 3.06. The van der Waals surface area contributed by atoms with Crippen LogP contribution >= 0.6 is 11.6 Å². The van der Waals surface area contributed by atoms with Crippen molar-refractivity contribution in [3.63, 3.8) is 0 Å². The molecule has 2 aromatic rings. The summed E-state index contributed by atoms with van der Waals surface area (Å²) in [5, 5.41) is 11.9. The van der Waals surface area contributed by atoms with Crippen LogP contribution in [0, 0.1) is 10.1 Å². The van der Waals surface area contributed by atoms with E-state index < -0.39 is 10.8 Å². The van der Waals surface area contributed by atoms with Gasteiger partial charge in [0.15, 0.2) is 5.78 Å². The SMILES string of the molecule is COc1ccc(C2CC(=O)N(c3cc(Cl)ccc3[N+](=O)[O-])C3=C2C(=O)CCC3)c(OC)c1. The first-order valence-corrected chi connectivity index (χ1v) is 10.5. The van der Waals surface area contributed by atoms with Crippen molar-refractivity contribution in [3.8, 4) is 11.5 Å². The monoisotopic (exact) mass is 456 g/mol. The number of ketones is 1. The van der Waals surface area contributed by atoms with Crippen LogP contribution in [0.3, 0.4) is 0 Å². The second-order valence-corrected chi connectivity index (χ2v) is 8.06. The number of nitro groups is 1. The van der Waals surface area contributed by atoms with Crippen molar-refractivity contribution in [1.29, 1.82) is 0 Å². The molecule has 166 valence electrons. The molecular formula is C23H21ClN2O6. The summed E-state index contributed by atoms with van der Waals surface area (Å²) in [6, 6.07) is 9.33. The van der Waals surface area contributed by atoms with E-state index in [1.165, 1.54) is 30.2 Å². The van der Waals surface area contributed by atoms with E-state index in [9.17, 15) is 19.7 Å². The number of benzene rings is 2. The highest BCUT2D eigenvalue weighted by atomic mass is 35.5. The van der Waals surface area contributed by atoms with Gasteiger partial charge in [-0.3, -0.25) is 24.6 Å². The lowest BCUT2D eigenvalue weighted by atomic mass is 9.76. The van der Waals surface area contributed by atoms with E-state index >= 15 is 0 Å². The van der Waals surface area contributed by atoms with Crippen molar-refractivity contribution in [2.75, 3.05) is 19.1 Å². The van der Waals surface area contributed by atoms with Gasteiger partial charge in [-0.1, -0.05) is 17.7 Å². The Kier molecular flexibility index (Phi) is 5.88. The Balaban J connectivity index is 1.92. The average Bonchev–Trinajstić information content (AvgIpc) is 2.77. The van der Waals surface area contributed by atoms with Gasteiger partial charge in [0.1, 0.15) is 17.2 Å². The zero-order chi connectivity index (χ0) is 23.0. The molecule has 1 unspecified atom stereocenters. The maximum absolute atomic E-state index is 13.4. The molecule has 1 aliphatic heterocycles. The second-order valence-electron chi connectivity index (χ2n) is 7.62. The molecule has 2 aliphatic rings. The smallest absolute Gasteiger partial charge is 0.293 e. The van der Waals surface area contributed by atoms with Crippen molar-refractivity contribution in [3.05, 3.63) is 68.4 Å². The van der Waals surface area contributed by atoms with Gasteiger partial charge >= 0.3 is 0 Å². The minimum Gasteiger partial charge on any atom is -0.497 e. The lowest BCUT2D eigenvalue weighted by molar-refractivity contribution is -0.384. The van der Waals surface area contributed by atoms with Crippen molar-refractivity contribution >= 4 is 34.7 Å². The molecule has 8 nitrogen and oxygen atoms in total. The first-order chi connectivity index (χ1) is 15.3. The maximum Gasteiger partial charge on any atom is 0.293 e. The highest BCUT2D eigenvalue weighted by Gasteiger charge is 2.42. The number of allylic oxidation sites excluding steroid dienone is 2. The number of halogens is 1. The fourth-order valence-corrected chi connectivity index (χ4v) is 4.64. The number of ether oxygens (including phenoxy) is 2. The van der Waals surface area contributed by atoms with Gasteiger partial charge in [-0.05, 0) is 31.0 Å². The summed E-state index contributed by atoms with van der Waals surface area (Å²) in [5.41, 5.74) is 1.52. The summed E-state index contributed by atoms with van der Waals surface area (Å²) in [6.45, 7) is 0. The number of hydrogen-bond acceptors (Lipinski definition) is 6. The van der Waals surface area contributed by atoms with Gasteiger partial charge in [-0.2, -0.15) is 0 Å². The van der Waals surface area contributed by atoms with Gasteiger partial charge in [0.05, 0.1) is 19.1 Å². The summed E-state index contributed by atoms with van der Waals surface area (Å²) >= 11 is 6.11. The van der Waals surface area contributed by atoms with Crippen molar-refractivity contribution < 1.29 is 24.0 Å². The van der Waals surface area contributed by atoms with E-state index in [0.717, 1.165) is 0 Å². The zero-order valence-electron chi connectivity index (χ0n) is 17.6. The standard InChI is InChI=1S/C23H21ClN2O6/c1-31-14-7-8-15(21(11-14)32-2)16-12-22(28)25(18-4-3-5-20(27)23(16)18)19-10-13(24)6-9-17(19)26(29)30/h6-11,16H,3-5,12H2,1-2H3. The van der Waals surface area contributed by atoms with E-state index in [1.54, 1.807) is 25.3 Å². The normalized spacial score (nSPS) is 18.5. The summed E-state index contributed by atoms with van der Waals surface area (Å²) in [6.07, 6.45) is 1.33. The lowest BCUT2D eigenvalue weighted by Crippen LogP contribution is -2.41. The highest BCUT2D eigenvalue weighted by Crippen LogP contribution is 2.47. The van der Waals surface area contributed by atoms with Crippen LogP contribution < -0.4 is 14.4 Å². The van der Waals surface area contributed by atoms with Crippen molar-refractivity contribution in [2.45, 2.75) is 31.6 Å². The van der Waals surface area contributed by atoms with Crippen LogP contribution in [-0.4, -0.2) is 30.8 Å². The average molecular weight is 457 g/mol.